The smallest absolute Gasteiger partial charge is 0.340 e. The monoisotopic (exact) mass is 448 g/mol. The van der Waals surface area contributed by atoms with Gasteiger partial charge in [0, 0.05) is 24.5 Å². The summed E-state index contributed by atoms with van der Waals surface area (Å²) < 4.78 is 10.6. The van der Waals surface area contributed by atoms with Crippen LogP contribution >= 0.6 is 0 Å². The van der Waals surface area contributed by atoms with E-state index in [2.05, 4.69) is 40.5 Å². The number of nitrogens with zero attached hydrogens (tertiary/aromatic N) is 1. The van der Waals surface area contributed by atoms with Gasteiger partial charge < -0.3 is 14.5 Å². The van der Waals surface area contributed by atoms with E-state index in [0.29, 0.717) is 29.4 Å². The number of carbonyl (C=O) groups excluding carboxylic acids is 1. The van der Waals surface area contributed by atoms with E-state index in [4.69, 9.17) is 9.15 Å². The van der Waals surface area contributed by atoms with E-state index >= 15 is 0 Å². The minimum absolute atomic E-state index is 0.0334. The predicted molar refractivity (Wildman–Crippen MR) is 130 cm³/mol. The van der Waals surface area contributed by atoms with Crippen molar-refractivity contribution in [3.8, 4) is 5.75 Å². The molecule has 6 nitrogen and oxygen atoms in total. The SMILES string of the molecule is COc1ccc2c(C)c(CC(=O)NCCC3CCN(Cc4ccccc4)CC3)c(=O)oc2c1. The molecule has 2 heterocycles. The molecule has 0 saturated carbocycles. The molecule has 1 amide bonds. The van der Waals surface area contributed by atoms with E-state index in [1.807, 2.05) is 19.1 Å². The standard InChI is InChI=1S/C27H32N2O4/c1-19-23-9-8-22(32-2)16-25(23)33-27(31)24(19)17-26(30)28-13-10-20-11-14-29(15-12-20)18-21-6-4-3-5-7-21/h3-9,16,20H,10-15,17-18H2,1-2H3,(H,28,30). The van der Waals surface area contributed by atoms with Gasteiger partial charge in [-0.3, -0.25) is 9.69 Å². The number of amides is 1. The first-order valence-corrected chi connectivity index (χ1v) is 11.7. The summed E-state index contributed by atoms with van der Waals surface area (Å²) >= 11 is 0. The number of nitrogens with one attached hydrogen (secondary N) is 1. The lowest BCUT2D eigenvalue weighted by atomic mass is 9.93. The number of piperidine rings is 1. The number of ether oxygens (including phenoxy) is 1. The summed E-state index contributed by atoms with van der Waals surface area (Å²) in [4.78, 5) is 27.5. The van der Waals surface area contributed by atoms with E-state index < -0.39 is 5.63 Å². The van der Waals surface area contributed by atoms with E-state index in [9.17, 15) is 9.59 Å². The van der Waals surface area contributed by atoms with Crippen LogP contribution in [0.3, 0.4) is 0 Å². The van der Waals surface area contributed by atoms with Crippen molar-refractivity contribution >= 4 is 16.9 Å². The van der Waals surface area contributed by atoms with E-state index in [-0.39, 0.29) is 12.3 Å². The summed E-state index contributed by atoms with van der Waals surface area (Å²) in [6.45, 7) is 5.69. The molecule has 6 heteroatoms. The molecule has 0 radical (unpaired) electrons. The van der Waals surface area contributed by atoms with Crippen molar-refractivity contribution in [2.24, 2.45) is 5.92 Å². The van der Waals surface area contributed by atoms with Crippen LogP contribution in [0.2, 0.25) is 0 Å². The molecule has 1 fully saturated rings. The Balaban J connectivity index is 1.25. The first kappa shape index (κ1) is 23.1. The Kier molecular flexibility index (Phi) is 7.45. The van der Waals surface area contributed by atoms with Gasteiger partial charge in [-0.25, -0.2) is 4.79 Å². The second kappa shape index (κ2) is 10.7. The highest BCUT2D eigenvalue weighted by Gasteiger charge is 2.20. The van der Waals surface area contributed by atoms with Crippen LogP contribution in [0.15, 0.2) is 57.7 Å². The first-order chi connectivity index (χ1) is 16.0. The van der Waals surface area contributed by atoms with Crippen molar-refractivity contribution < 1.29 is 13.9 Å². The number of rotatable bonds is 8. The van der Waals surface area contributed by atoms with E-state index in [1.165, 1.54) is 5.56 Å². The number of benzene rings is 2. The third-order valence-electron chi connectivity index (χ3n) is 6.66. The molecule has 1 aliphatic heterocycles. The van der Waals surface area contributed by atoms with Crippen molar-refractivity contribution in [3.63, 3.8) is 0 Å². The minimum Gasteiger partial charge on any atom is -0.497 e. The number of hydrogen-bond donors (Lipinski definition) is 1. The molecule has 3 aromatic rings. The summed E-state index contributed by atoms with van der Waals surface area (Å²) in [7, 11) is 1.57. The molecule has 4 rings (SSSR count). The van der Waals surface area contributed by atoms with Crippen LogP contribution in [-0.4, -0.2) is 37.6 Å². The molecular weight excluding hydrogens is 416 g/mol. The molecule has 0 bridgehead atoms. The molecule has 0 unspecified atom stereocenters. The lowest BCUT2D eigenvalue weighted by Gasteiger charge is -2.32. The molecule has 1 aromatic heterocycles. The van der Waals surface area contributed by atoms with Crippen molar-refractivity contribution in [1.82, 2.24) is 10.2 Å². The molecule has 0 aliphatic carbocycles. The normalized spacial score (nSPS) is 15.0. The number of likely N-dealkylation sites (tertiary alicyclic amines) is 1. The van der Waals surface area contributed by atoms with E-state index in [1.54, 1.807) is 13.2 Å². The maximum absolute atomic E-state index is 12.5. The first-order valence-electron chi connectivity index (χ1n) is 11.7. The second-order valence-electron chi connectivity index (χ2n) is 8.88. The number of carbonyl (C=O) groups is 1. The highest BCUT2D eigenvalue weighted by Crippen LogP contribution is 2.24. The summed E-state index contributed by atoms with van der Waals surface area (Å²) in [6.07, 6.45) is 3.31. The van der Waals surface area contributed by atoms with Gasteiger partial charge in [0.2, 0.25) is 5.91 Å². The zero-order valence-electron chi connectivity index (χ0n) is 19.4. The Morgan fingerprint density at radius 3 is 2.64 bits per heavy atom. The molecule has 0 spiro atoms. The molecule has 1 N–H and O–H groups in total. The molecule has 1 aliphatic rings. The van der Waals surface area contributed by atoms with Gasteiger partial charge >= 0.3 is 5.63 Å². The Bertz CT molecular complexity index is 1150. The van der Waals surface area contributed by atoms with E-state index in [0.717, 1.165) is 49.8 Å². The third kappa shape index (κ3) is 5.82. The average molecular weight is 449 g/mol. The van der Waals surface area contributed by atoms with Crippen LogP contribution in [0.5, 0.6) is 5.75 Å². The fraction of sp³-hybridized carbons (Fsp3) is 0.407. The topological polar surface area (TPSA) is 71.8 Å². The van der Waals surface area contributed by atoms with Crippen LogP contribution in [0.4, 0.5) is 0 Å². The van der Waals surface area contributed by atoms with Crippen LogP contribution in [0.1, 0.15) is 36.0 Å². The lowest BCUT2D eigenvalue weighted by molar-refractivity contribution is -0.120. The minimum atomic E-state index is -0.464. The summed E-state index contributed by atoms with van der Waals surface area (Å²) in [5, 5.41) is 3.82. The molecule has 33 heavy (non-hydrogen) atoms. The number of aryl methyl sites for hydroxylation is 1. The Morgan fingerprint density at radius 1 is 1.15 bits per heavy atom. The maximum atomic E-state index is 12.5. The summed E-state index contributed by atoms with van der Waals surface area (Å²) in [6, 6.07) is 16.0. The van der Waals surface area contributed by atoms with Crippen molar-refractivity contribution in [1.29, 1.82) is 0 Å². The maximum Gasteiger partial charge on any atom is 0.340 e. The highest BCUT2D eigenvalue weighted by atomic mass is 16.5. The van der Waals surface area contributed by atoms with Gasteiger partial charge in [0.1, 0.15) is 11.3 Å². The zero-order chi connectivity index (χ0) is 23.2. The molecular formula is C27H32N2O4. The predicted octanol–water partition coefficient (Wildman–Crippen LogP) is 4.07. The Morgan fingerprint density at radius 2 is 1.91 bits per heavy atom. The molecule has 0 atom stereocenters. The van der Waals surface area contributed by atoms with Crippen molar-refractivity contribution in [3.05, 3.63) is 75.6 Å². The average Bonchev–Trinajstić information content (AvgIpc) is 2.83. The van der Waals surface area contributed by atoms with Crippen LogP contribution in [0.25, 0.3) is 11.0 Å². The molecule has 2 aromatic carbocycles. The van der Waals surface area contributed by atoms with Crippen molar-refractivity contribution in [2.75, 3.05) is 26.7 Å². The largest absolute Gasteiger partial charge is 0.497 e. The van der Waals surface area contributed by atoms with Gasteiger partial charge in [-0.1, -0.05) is 30.3 Å². The number of fused-ring (bicyclic) bond motifs is 1. The number of methoxy groups -OCH3 is 1. The van der Waals surface area contributed by atoms with Gasteiger partial charge in [0.05, 0.1) is 19.1 Å². The Labute approximate surface area is 194 Å². The Hall–Kier alpha value is -3.12. The fourth-order valence-corrected chi connectivity index (χ4v) is 4.62. The van der Waals surface area contributed by atoms with Gasteiger partial charge in [-0.05, 0) is 68.5 Å². The van der Waals surface area contributed by atoms with Gasteiger partial charge in [-0.2, -0.15) is 0 Å². The quantitative estimate of drug-likeness (QED) is 0.526. The van der Waals surface area contributed by atoms with Gasteiger partial charge in [0.25, 0.3) is 0 Å². The van der Waals surface area contributed by atoms with Crippen LogP contribution < -0.4 is 15.7 Å². The summed E-state index contributed by atoms with van der Waals surface area (Å²) in [5.41, 5.74) is 2.56. The van der Waals surface area contributed by atoms with Crippen LogP contribution in [-0.2, 0) is 17.8 Å². The van der Waals surface area contributed by atoms with Crippen LogP contribution in [0, 0.1) is 12.8 Å². The van der Waals surface area contributed by atoms with Gasteiger partial charge in [0.15, 0.2) is 0 Å². The van der Waals surface area contributed by atoms with Gasteiger partial charge in [-0.15, -0.1) is 0 Å². The molecule has 1 saturated heterocycles. The zero-order valence-corrected chi connectivity index (χ0v) is 19.4. The highest BCUT2D eigenvalue weighted by molar-refractivity contribution is 5.85. The number of hydrogen-bond acceptors (Lipinski definition) is 5. The third-order valence-corrected chi connectivity index (χ3v) is 6.66. The summed E-state index contributed by atoms with van der Waals surface area (Å²) in [5.74, 6) is 1.11. The lowest BCUT2D eigenvalue weighted by Crippen LogP contribution is -2.35. The molecule has 174 valence electrons. The van der Waals surface area contributed by atoms with Crippen molar-refractivity contribution in [2.45, 2.75) is 39.2 Å². The fourth-order valence-electron chi connectivity index (χ4n) is 4.62. The second-order valence-corrected chi connectivity index (χ2v) is 8.88.